The fourth-order valence-electron chi connectivity index (χ4n) is 2.64. The summed E-state index contributed by atoms with van der Waals surface area (Å²) in [6.07, 6.45) is 4.37. The number of furan rings is 1. The molecule has 0 unspecified atom stereocenters. The van der Waals surface area contributed by atoms with Gasteiger partial charge in [-0.1, -0.05) is 0 Å². The number of nitrogens with two attached hydrogens (primary N) is 1. The molecule has 1 aliphatic carbocycles. The van der Waals surface area contributed by atoms with E-state index in [0.717, 1.165) is 30.2 Å². The molecule has 2 heterocycles. The Kier molecular flexibility index (Phi) is 3.60. The zero-order valence-corrected chi connectivity index (χ0v) is 12.0. The van der Waals surface area contributed by atoms with Crippen LogP contribution in [0.4, 0.5) is 5.82 Å². The summed E-state index contributed by atoms with van der Waals surface area (Å²) in [5.74, 6) is 1.92. The predicted octanol–water partition coefficient (Wildman–Crippen LogP) is 1.97. The van der Waals surface area contributed by atoms with E-state index >= 15 is 0 Å². The van der Waals surface area contributed by atoms with Crippen molar-refractivity contribution in [2.45, 2.75) is 39.2 Å². The summed E-state index contributed by atoms with van der Waals surface area (Å²) in [6.45, 7) is 2.37. The SMILES string of the molecule is Cc1nc2c(c(NCc3ccc(C(N)=O)o3)n1)CCCC2. The van der Waals surface area contributed by atoms with E-state index in [-0.39, 0.29) is 5.76 Å². The van der Waals surface area contributed by atoms with Gasteiger partial charge in [0.15, 0.2) is 5.76 Å². The first kappa shape index (κ1) is 13.6. The fourth-order valence-corrected chi connectivity index (χ4v) is 2.64. The van der Waals surface area contributed by atoms with Crippen molar-refractivity contribution in [3.8, 4) is 0 Å². The standard InChI is InChI=1S/C15H18N4O2/c1-9-18-12-5-3-2-4-11(12)15(19-9)17-8-10-6-7-13(21-10)14(16)20/h6-7H,2-5,8H2,1H3,(H2,16,20)(H,17,18,19). The molecule has 2 aromatic heterocycles. The van der Waals surface area contributed by atoms with Crippen LogP contribution >= 0.6 is 0 Å². The van der Waals surface area contributed by atoms with Gasteiger partial charge in [-0.3, -0.25) is 4.79 Å². The average molecular weight is 286 g/mol. The average Bonchev–Trinajstić information content (AvgIpc) is 2.93. The van der Waals surface area contributed by atoms with Crippen molar-refractivity contribution >= 4 is 11.7 Å². The van der Waals surface area contributed by atoms with Gasteiger partial charge in [-0.15, -0.1) is 0 Å². The molecule has 0 spiro atoms. The van der Waals surface area contributed by atoms with Gasteiger partial charge in [0.25, 0.3) is 5.91 Å². The zero-order valence-electron chi connectivity index (χ0n) is 12.0. The van der Waals surface area contributed by atoms with Crippen LogP contribution in [0.2, 0.25) is 0 Å². The minimum absolute atomic E-state index is 0.174. The molecule has 3 N–H and O–H groups in total. The number of amides is 1. The van der Waals surface area contributed by atoms with Crippen LogP contribution in [-0.4, -0.2) is 15.9 Å². The Bertz CT molecular complexity index is 678. The van der Waals surface area contributed by atoms with E-state index in [1.165, 1.54) is 18.4 Å². The Morgan fingerprint density at radius 1 is 1.33 bits per heavy atom. The van der Waals surface area contributed by atoms with Gasteiger partial charge < -0.3 is 15.5 Å². The van der Waals surface area contributed by atoms with Gasteiger partial charge >= 0.3 is 0 Å². The lowest BCUT2D eigenvalue weighted by molar-refractivity contribution is 0.0972. The molecule has 2 aromatic rings. The second kappa shape index (κ2) is 5.55. The van der Waals surface area contributed by atoms with Crippen molar-refractivity contribution in [2.24, 2.45) is 5.73 Å². The molecule has 6 heteroatoms. The Labute approximate surface area is 122 Å². The molecular weight excluding hydrogens is 268 g/mol. The van der Waals surface area contributed by atoms with Crippen molar-refractivity contribution in [2.75, 3.05) is 5.32 Å². The molecule has 21 heavy (non-hydrogen) atoms. The van der Waals surface area contributed by atoms with Gasteiger partial charge in [0, 0.05) is 11.3 Å². The molecule has 0 saturated heterocycles. The lowest BCUT2D eigenvalue weighted by Crippen LogP contribution is -2.13. The Balaban J connectivity index is 1.78. The number of aromatic nitrogens is 2. The van der Waals surface area contributed by atoms with Gasteiger partial charge in [-0.2, -0.15) is 0 Å². The highest BCUT2D eigenvalue weighted by atomic mass is 16.3. The number of primary amides is 1. The molecule has 0 saturated carbocycles. The molecule has 0 aromatic carbocycles. The first-order chi connectivity index (χ1) is 10.1. The van der Waals surface area contributed by atoms with Gasteiger partial charge in [-0.25, -0.2) is 9.97 Å². The number of aryl methyl sites for hydroxylation is 2. The maximum Gasteiger partial charge on any atom is 0.284 e. The number of hydrogen-bond donors (Lipinski definition) is 2. The minimum Gasteiger partial charge on any atom is -0.454 e. The molecule has 0 fully saturated rings. The van der Waals surface area contributed by atoms with E-state index in [9.17, 15) is 4.79 Å². The third-order valence-electron chi connectivity index (χ3n) is 3.63. The topological polar surface area (TPSA) is 94.0 Å². The van der Waals surface area contributed by atoms with Gasteiger partial charge in [-0.05, 0) is 44.7 Å². The number of carbonyl (C=O) groups is 1. The third-order valence-corrected chi connectivity index (χ3v) is 3.63. The minimum atomic E-state index is -0.559. The number of hydrogen-bond acceptors (Lipinski definition) is 5. The molecule has 3 rings (SSSR count). The first-order valence-corrected chi connectivity index (χ1v) is 7.12. The summed E-state index contributed by atoms with van der Waals surface area (Å²) in [7, 11) is 0. The Hall–Kier alpha value is -2.37. The van der Waals surface area contributed by atoms with Crippen molar-refractivity contribution in [1.29, 1.82) is 0 Å². The molecule has 1 amide bonds. The number of rotatable bonds is 4. The second-order valence-electron chi connectivity index (χ2n) is 5.24. The van der Waals surface area contributed by atoms with Crippen LogP contribution in [0, 0.1) is 6.92 Å². The normalized spacial score (nSPS) is 13.8. The summed E-state index contributed by atoms with van der Waals surface area (Å²) < 4.78 is 5.36. The van der Waals surface area contributed by atoms with Gasteiger partial charge in [0.1, 0.15) is 17.4 Å². The van der Waals surface area contributed by atoms with E-state index in [1.54, 1.807) is 12.1 Å². The van der Waals surface area contributed by atoms with Crippen molar-refractivity contribution in [3.05, 3.63) is 40.7 Å². The highest BCUT2D eigenvalue weighted by Crippen LogP contribution is 2.25. The molecule has 0 aliphatic heterocycles. The smallest absolute Gasteiger partial charge is 0.284 e. The van der Waals surface area contributed by atoms with Crippen LogP contribution in [-0.2, 0) is 19.4 Å². The molecule has 0 bridgehead atoms. The third kappa shape index (κ3) is 2.89. The quantitative estimate of drug-likeness (QED) is 0.896. The second-order valence-corrected chi connectivity index (χ2v) is 5.24. The van der Waals surface area contributed by atoms with E-state index in [0.29, 0.717) is 12.3 Å². The van der Waals surface area contributed by atoms with Gasteiger partial charge in [0.2, 0.25) is 0 Å². The molecular formula is C15H18N4O2. The van der Waals surface area contributed by atoms with E-state index in [1.807, 2.05) is 6.92 Å². The molecule has 0 radical (unpaired) electrons. The van der Waals surface area contributed by atoms with Crippen LogP contribution in [0.3, 0.4) is 0 Å². The molecule has 110 valence electrons. The Morgan fingerprint density at radius 2 is 2.14 bits per heavy atom. The van der Waals surface area contributed by atoms with Crippen LogP contribution in [0.25, 0.3) is 0 Å². The monoisotopic (exact) mass is 286 g/mol. The summed E-state index contributed by atoms with van der Waals surface area (Å²) in [5.41, 5.74) is 7.52. The number of fused-ring (bicyclic) bond motifs is 1. The summed E-state index contributed by atoms with van der Waals surface area (Å²) >= 11 is 0. The maximum absolute atomic E-state index is 11.0. The number of nitrogens with one attached hydrogen (secondary N) is 1. The zero-order chi connectivity index (χ0) is 14.8. The van der Waals surface area contributed by atoms with Gasteiger partial charge in [0.05, 0.1) is 6.54 Å². The number of nitrogens with zero attached hydrogens (tertiary/aromatic N) is 2. The van der Waals surface area contributed by atoms with Crippen molar-refractivity contribution in [1.82, 2.24) is 9.97 Å². The van der Waals surface area contributed by atoms with E-state index in [4.69, 9.17) is 10.2 Å². The highest BCUT2D eigenvalue weighted by molar-refractivity contribution is 5.89. The summed E-state index contributed by atoms with van der Waals surface area (Å²) in [6, 6.07) is 3.33. The lowest BCUT2D eigenvalue weighted by atomic mass is 9.96. The molecule has 1 aliphatic rings. The predicted molar refractivity (Wildman–Crippen MR) is 78.0 cm³/mol. The van der Waals surface area contributed by atoms with Crippen molar-refractivity contribution < 1.29 is 9.21 Å². The summed E-state index contributed by atoms with van der Waals surface area (Å²) in [5, 5.41) is 3.29. The number of anilines is 1. The molecule has 0 atom stereocenters. The lowest BCUT2D eigenvalue weighted by Gasteiger charge is -2.18. The summed E-state index contributed by atoms with van der Waals surface area (Å²) in [4.78, 5) is 20.0. The van der Waals surface area contributed by atoms with Crippen LogP contribution in [0.1, 0.15) is 46.2 Å². The first-order valence-electron chi connectivity index (χ1n) is 7.12. The van der Waals surface area contributed by atoms with E-state index < -0.39 is 5.91 Å². The van der Waals surface area contributed by atoms with Crippen LogP contribution in [0.15, 0.2) is 16.5 Å². The van der Waals surface area contributed by atoms with Crippen LogP contribution in [0.5, 0.6) is 0 Å². The highest BCUT2D eigenvalue weighted by Gasteiger charge is 2.17. The van der Waals surface area contributed by atoms with Crippen molar-refractivity contribution in [3.63, 3.8) is 0 Å². The number of carbonyl (C=O) groups excluding carboxylic acids is 1. The maximum atomic E-state index is 11.0. The molecule has 6 nitrogen and oxygen atoms in total. The van der Waals surface area contributed by atoms with E-state index in [2.05, 4.69) is 15.3 Å². The largest absolute Gasteiger partial charge is 0.454 e. The van der Waals surface area contributed by atoms with Crippen LogP contribution < -0.4 is 11.1 Å². The fraction of sp³-hybridized carbons (Fsp3) is 0.400. The Morgan fingerprint density at radius 3 is 2.90 bits per heavy atom.